The molecule has 2 aromatic rings. The number of rotatable bonds is 8. The zero-order valence-electron chi connectivity index (χ0n) is 17.1. The molecule has 1 saturated heterocycles. The van der Waals surface area contributed by atoms with Gasteiger partial charge in [-0.1, -0.05) is 5.16 Å². The molecule has 0 unspecified atom stereocenters. The van der Waals surface area contributed by atoms with Gasteiger partial charge in [0, 0.05) is 37.8 Å². The van der Waals surface area contributed by atoms with Gasteiger partial charge in [-0.3, -0.25) is 14.5 Å². The highest BCUT2D eigenvalue weighted by atomic mass is 16.5. The molecule has 0 saturated carbocycles. The number of carbonyl (C=O) groups is 2. The van der Waals surface area contributed by atoms with E-state index in [1.54, 1.807) is 36.1 Å². The standard InChI is InChI=1S/C20H26N4O6/c1-14-11-18(22-30-14)21-19(26)13-23-5-7-24(8-6-23)20(27)15-3-4-16(28-2)17(12-15)29-10-9-25/h3-4,11-12,25H,5-10,13H2,1-2H3,(H,21,22,26). The molecule has 3 rings (SSSR count). The number of benzene rings is 1. The van der Waals surface area contributed by atoms with Crippen LogP contribution in [0.5, 0.6) is 11.5 Å². The minimum atomic E-state index is -0.177. The van der Waals surface area contributed by atoms with Crippen LogP contribution < -0.4 is 14.8 Å². The molecular formula is C20H26N4O6. The van der Waals surface area contributed by atoms with Crippen molar-refractivity contribution in [2.45, 2.75) is 6.92 Å². The number of hydrogen-bond donors (Lipinski definition) is 2. The lowest BCUT2D eigenvalue weighted by Crippen LogP contribution is -2.50. The van der Waals surface area contributed by atoms with E-state index in [-0.39, 0.29) is 31.6 Å². The van der Waals surface area contributed by atoms with Gasteiger partial charge in [0.2, 0.25) is 5.91 Å². The first-order chi connectivity index (χ1) is 14.5. The fraction of sp³-hybridized carbons (Fsp3) is 0.450. The lowest BCUT2D eigenvalue weighted by molar-refractivity contribution is -0.117. The summed E-state index contributed by atoms with van der Waals surface area (Å²) in [6.07, 6.45) is 0. The van der Waals surface area contributed by atoms with Crippen molar-refractivity contribution in [3.05, 3.63) is 35.6 Å². The maximum atomic E-state index is 12.9. The van der Waals surface area contributed by atoms with Gasteiger partial charge in [-0.05, 0) is 25.1 Å². The average molecular weight is 418 g/mol. The van der Waals surface area contributed by atoms with Crippen LogP contribution in [0.3, 0.4) is 0 Å². The van der Waals surface area contributed by atoms with Crippen molar-refractivity contribution in [1.82, 2.24) is 15.0 Å². The summed E-state index contributed by atoms with van der Waals surface area (Å²) in [5.74, 6) is 1.64. The van der Waals surface area contributed by atoms with E-state index in [0.29, 0.717) is 54.8 Å². The van der Waals surface area contributed by atoms with Gasteiger partial charge in [-0.2, -0.15) is 0 Å². The van der Waals surface area contributed by atoms with Crippen LogP contribution in [-0.2, 0) is 4.79 Å². The number of ether oxygens (including phenoxy) is 2. The molecule has 1 aliphatic rings. The highest BCUT2D eigenvalue weighted by molar-refractivity contribution is 5.95. The summed E-state index contributed by atoms with van der Waals surface area (Å²) >= 11 is 0. The smallest absolute Gasteiger partial charge is 0.254 e. The van der Waals surface area contributed by atoms with Gasteiger partial charge >= 0.3 is 0 Å². The molecule has 2 N–H and O–H groups in total. The van der Waals surface area contributed by atoms with E-state index in [1.165, 1.54) is 7.11 Å². The van der Waals surface area contributed by atoms with Crippen molar-refractivity contribution in [3.63, 3.8) is 0 Å². The number of nitrogens with zero attached hydrogens (tertiary/aromatic N) is 3. The van der Waals surface area contributed by atoms with Gasteiger partial charge in [0.25, 0.3) is 5.91 Å². The van der Waals surface area contributed by atoms with Crippen LogP contribution in [0.4, 0.5) is 5.82 Å². The molecule has 0 bridgehead atoms. The fourth-order valence-electron chi connectivity index (χ4n) is 3.18. The fourth-order valence-corrected chi connectivity index (χ4v) is 3.18. The van der Waals surface area contributed by atoms with Crippen molar-refractivity contribution in [2.75, 3.05) is 58.4 Å². The monoisotopic (exact) mass is 418 g/mol. The summed E-state index contributed by atoms with van der Waals surface area (Å²) in [7, 11) is 1.52. The second-order valence-electron chi connectivity index (χ2n) is 6.88. The summed E-state index contributed by atoms with van der Waals surface area (Å²) in [6.45, 7) is 4.14. The first kappa shape index (κ1) is 21.6. The Morgan fingerprint density at radius 2 is 1.97 bits per heavy atom. The number of aryl methyl sites for hydroxylation is 1. The van der Waals surface area contributed by atoms with E-state index in [0.717, 1.165) is 0 Å². The number of aliphatic hydroxyl groups excluding tert-OH is 1. The molecule has 10 nitrogen and oxygen atoms in total. The number of hydrogen-bond acceptors (Lipinski definition) is 8. The molecular weight excluding hydrogens is 392 g/mol. The summed E-state index contributed by atoms with van der Waals surface area (Å²) in [4.78, 5) is 28.7. The third-order valence-electron chi connectivity index (χ3n) is 4.68. The summed E-state index contributed by atoms with van der Waals surface area (Å²) in [5.41, 5.74) is 0.483. The molecule has 1 fully saturated rings. The van der Waals surface area contributed by atoms with Crippen LogP contribution in [0.2, 0.25) is 0 Å². The first-order valence-corrected chi connectivity index (χ1v) is 9.66. The van der Waals surface area contributed by atoms with E-state index in [1.807, 2.05) is 4.90 Å². The quantitative estimate of drug-likeness (QED) is 0.645. The summed E-state index contributed by atoms with van der Waals surface area (Å²) in [5, 5.41) is 15.4. The van der Waals surface area contributed by atoms with E-state index in [9.17, 15) is 9.59 Å². The Labute approximate surface area is 174 Å². The third kappa shape index (κ3) is 5.49. The summed E-state index contributed by atoms with van der Waals surface area (Å²) < 4.78 is 15.6. The molecule has 0 radical (unpaired) electrons. The molecule has 2 heterocycles. The minimum Gasteiger partial charge on any atom is -0.493 e. The van der Waals surface area contributed by atoms with E-state index in [4.69, 9.17) is 19.1 Å². The Bertz CT molecular complexity index is 876. The number of aromatic nitrogens is 1. The van der Waals surface area contributed by atoms with Crippen LogP contribution in [-0.4, -0.2) is 84.9 Å². The van der Waals surface area contributed by atoms with Crippen molar-refractivity contribution in [2.24, 2.45) is 0 Å². The minimum absolute atomic E-state index is 0.114. The van der Waals surface area contributed by atoms with Crippen molar-refractivity contribution in [1.29, 1.82) is 0 Å². The van der Waals surface area contributed by atoms with Gasteiger partial charge in [-0.25, -0.2) is 0 Å². The molecule has 162 valence electrons. The molecule has 0 atom stereocenters. The first-order valence-electron chi connectivity index (χ1n) is 9.66. The van der Waals surface area contributed by atoms with Gasteiger partial charge in [-0.15, -0.1) is 0 Å². The largest absolute Gasteiger partial charge is 0.493 e. The van der Waals surface area contributed by atoms with E-state index < -0.39 is 0 Å². The Kier molecular flexibility index (Phi) is 7.26. The highest BCUT2D eigenvalue weighted by Crippen LogP contribution is 2.28. The van der Waals surface area contributed by atoms with Crippen molar-refractivity contribution < 1.29 is 28.7 Å². The third-order valence-corrected chi connectivity index (χ3v) is 4.68. The number of aliphatic hydroxyl groups is 1. The normalized spacial score (nSPS) is 14.4. The Balaban J connectivity index is 1.53. The van der Waals surface area contributed by atoms with Gasteiger partial charge in [0.15, 0.2) is 17.3 Å². The predicted molar refractivity (Wildman–Crippen MR) is 108 cm³/mol. The summed E-state index contributed by atoms with van der Waals surface area (Å²) in [6, 6.07) is 6.64. The number of piperazine rings is 1. The number of amides is 2. The zero-order chi connectivity index (χ0) is 21.5. The van der Waals surface area contributed by atoms with Crippen molar-refractivity contribution in [3.8, 4) is 11.5 Å². The Morgan fingerprint density at radius 3 is 2.60 bits per heavy atom. The zero-order valence-corrected chi connectivity index (χ0v) is 17.1. The van der Waals surface area contributed by atoms with Crippen molar-refractivity contribution >= 4 is 17.6 Å². The Hall–Kier alpha value is -3.11. The maximum absolute atomic E-state index is 12.9. The number of methoxy groups -OCH3 is 1. The molecule has 0 spiro atoms. The second kappa shape index (κ2) is 10.1. The Morgan fingerprint density at radius 1 is 1.20 bits per heavy atom. The molecule has 1 aromatic carbocycles. The second-order valence-corrected chi connectivity index (χ2v) is 6.88. The number of carbonyl (C=O) groups excluding carboxylic acids is 2. The lowest BCUT2D eigenvalue weighted by atomic mass is 10.1. The predicted octanol–water partition coefficient (Wildman–Crippen LogP) is 0.759. The SMILES string of the molecule is COc1ccc(C(=O)N2CCN(CC(=O)Nc3cc(C)on3)CC2)cc1OCCO. The van der Waals surface area contributed by atoms with Crippen LogP contribution in [0.1, 0.15) is 16.1 Å². The molecule has 1 aliphatic heterocycles. The van der Waals surface area contributed by atoms with Crippen LogP contribution in [0.25, 0.3) is 0 Å². The topological polar surface area (TPSA) is 117 Å². The van der Waals surface area contributed by atoms with E-state index >= 15 is 0 Å². The van der Waals surface area contributed by atoms with Gasteiger partial charge in [0.05, 0.1) is 20.3 Å². The molecule has 10 heteroatoms. The lowest BCUT2D eigenvalue weighted by Gasteiger charge is -2.34. The average Bonchev–Trinajstić information content (AvgIpc) is 3.16. The van der Waals surface area contributed by atoms with Crippen LogP contribution in [0, 0.1) is 6.92 Å². The molecule has 2 amide bonds. The molecule has 0 aliphatic carbocycles. The van der Waals surface area contributed by atoms with E-state index in [2.05, 4.69) is 10.5 Å². The van der Waals surface area contributed by atoms with Crippen LogP contribution in [0.15, 0.2) is 28.8 Å². The highest BCUT2D eigenvalue weighted by Gasteiger charge is 2.24. The maximum Gasteiger partial charge on any atom is 0.254 e. The number of nitrogens with one attached hydrogen (secondary N) is 1. The molecule has 30 heavy (non-hydrogen) atoms. The molecule has 1 aromatic heterocycles. The van der Waals surface area contributed by atoms with Gasteiger partial charge in [0.1, 0.15) is 12.4 Å². The van der Waals surface area contributed by atoms with Crippen LogP contribution >= 0.6 is 0 Å². The number of anilines is 1. The van der Waals surface area contributed by atoms with Gasteiger partial charge < -0.3 is 29.3 Å².